The minimum absolute atomic E-state index is 0.0767. The van der Waals surface area contributed by atoms with E-state index in [4.69, 9.17) is 9.47 Å². The maximum Gasteiger partial charge on any atom is 0.338 e. The van der Waals surface area contributed by atoms with E-state index in [0.717, 1.165) is 11.1 Å². The molecule has 0 radical (unpaired) electrons. The van der Waals surface area contributed by atoms with Gasteiger partial charge in [0.2, 0.25) is 10.0 Å². The van der Waals surface area contributed by atoms with E-state index >= 15 is 0 Å². The number of benzene rings is 3. The first-order valence-corrected chi connectivity index (χ1v) is 12.7. The summed E-state index contributed by atoms with van der Waals surface area (Å²) in [6, 6.07) is 17.7. The summed E-state index contributed by atoms with van der Waals surface area (Å²) in [4.78, 5) is 36.5. The number of hydrogen-bond acceptors (Lipinski definition) is 7. The summed E-state index contributed by atoms with van der Waals surface area (Å²) in [7, 11) is -3.73. The molecule has 2 aliphatic heterocycles. The average molecular weight is 507 g/mol. The summed E-state index contributed by atoms with van der Waals surface area (Å²) < 4.78 is 38.0. The van der Waals surface area contributed by atoms with Crippen LogP contribution in [0.15, 0.2) is 71.6 Å². The van der Waals surface area contributed by atoms with Crippen LogP contribution in [0.4, 0.5) is 5.69 Å². The lowest BCUT2D eigenvalue weighted by atomic mass is 10.0. The average Bonchev–Trinajstić information content (AvgIpc) is 2.90. The molecule has 3 aromatic carbocycles. The third-order valence-corrected chi connectivity index (χ3v) is 7.95. The molecule has 0 bridgehead atoms. The van der Waals surface area contributed by atoms with Gasteiger partial charge in [-0.1, -0.05) is 24.3 Å². The quantitative estimate of drug-likeness (QED) is 0.403. The number of amides is 1. The number of sulfonamides is 1. The summed E-state index contributed by atoms with van der Waals surface area (Å²) in [6.45, 7) is 0.0658. The Hall–Kier alpha value is -4.02. The van der Waals surface area contributed by atoms with Crippen LogP contribution in [0.1, 0.15) is 31.8 Å². The van der Waals surface area contributed by atoms with E-state index < -0.39 is 28.4 Å². The van der Waals surface area contributed by atoms with Crippen LogP contribution < -0.4 is 10.1 Å². The summed E-state index contributed by atoms with van der Waals surface area (Å²) in [5.41, 5.74) is 2.86. The van der Waals surface area contributed by atoms with Gasteiger partial charge in [0.25, 0.3) is 5.91 Å². The molecule has 1 N–H and O–H groups in total. The maximum absolute atomic E-state index is 13.1. The molecular formula is C26H22N2O7S. The SMILES string of the molecule is O=C1COc2ccc(C(=O)COC(=O)c3ccc(S(=O)(=O)N4CCc5ccccc5C4)cc3)cc2N1. The first kappa shape index (κ1) is 23.7. The number of carbonyl (C=O) groups is 3. The van der Waals surface area contributed by atoms with Crippen molar-refractivity contribution in [2.75, 3.05) is 25.1 Å². The molecule has 0 fully saturated rings. The fraction of sp³-hybridized carbons (Fsp3) is 0.192. The van der Waals surface area contributed by atoms with E-state index in [-0.39, 0.29) is 28.5 Å². The molecule has 9 nitrogen and oxygen atoms in total. The number of anilines is 1. The van der Waals surface area contributed by atoms with E-state index in [1.165, 1.54) is 40.7 Å². The Balaban J connectivity index is 1.21. The number of esters is 1. The lowest BCUT2D eigenvalue weighted by molar-refractivity contribution is -0.118. The number of ether oxygens (including phenoxy) is 2. The second-order valence-electron chi connectivity index (χ2n) is 8.43. The fourth-order valence-electron chi connectivity index (χ4n) is 4.14. The number of ketones is 1. The number of fused-ring (bicyclic) bond motifs is 2. The van der Waals surface area contributed by atoms with Gasteiger partial charge in [0.1, 0.15) is 5.75 Å². The standard InChI is InChI=1S/C26H22N2O7S/c29-23(19-7-10-24-22(13-19)27-25(30)16-34-24)15-35-26(31)18-5-8-21(9-6-18)36(32,33)28-12-11-17-3-1-2-4-20(17)14-28/h1-10,13H,11-12,14-16H2,(H,27,30). The van der Waals surface area contributed by atoms with Gasteiger partial charge in [-0.15, -0.1) is 0 Å². The smallest absolute Gasteiger partial charge is 0.338 e. The molecule has 36 heavy (non-hydrogen) atoms. The molecule has 10 heteroatoms. The van der Waals surface area contributed by atoms with E-state index in [1.54, 1.807) is 6.07 Å². The van der Waals surface area contributed by atoms with Crippen LogP contribution in [0.25, 0.3) is 0 Å². The van der Waals surface area contributed by atoms with Crippen LogP contribution >= 0.6 is 0 Å². The topological polar surface area (TPSA) is 119 Å². The largest absolute Gasteiger partial charge is 0.482 e. The molecule has 0 unspecified atom stereocenters. The van der Waals surface area contributed by atoms with E-state index in [2.05, 4.69) is 5.32 Å². The number of rotatable bonds is 6. The Kier molecular flexibility index (Phi) is 6.29. The van der Waals surface area contributed by atoms with Crippen molar-refractivity contribution in [1.29, 1.82) is 0 Å². The van der Waals surface area contributed by atoms with E-state index in [1.807, 2.05) is 24.3 Å². The Bertz CT molecular complexity index is 1470. The van der Waals surface area contributed by atoms with Crippen molar-refractivity contribution in [2.45, 2.75) is 17.9 Å². The van der Waals surface area contributed by atoms with E-state index in [9.17, 15) is 22.8 Å². The van der Waals surface area contributed by atoms with Crippen LogP contribution in [-0.2, 0) is 32.5 Å². The molecular weight excluding hydrogens is 484 g/mol. The van der Waals surface area contributed by atoms with Crippen molar-refractivity contribution in [1.82, 2.24) is 4.31 Å². The molecule has 0 saturated carbocycles. The Morgan fingerprint density at radius 3 is 2.47 bits per heavy atom. The first-order chi connectivity index (χ1) is 17.3. The minimum Gasteiger partial charge on any atom is -0.482 e. The normalized spacial score (nSPS) is 15.2. The van der Waals surface area contributed by atoms with Gasteiger partial charge < -0.3 is 14.8 Å². The van der Waals surface area contributed by atoms with Crippen molar-refractivity contribution in [3.63, 3.8) is 0 Å². The summed E-state index contributed by atoms with van der Waals surface area (Å²) in [6.07, 6.45) is 0.636. The molecule has 0 aliphatic carbocycles. The van der Waals surface area contributed by atoms with Crippen LogP contribution in [0.2, 0.25) is 0 Å². The van der Waals surface area contributed by atoms with Crippen molar-refractivity contribution >= 4 is 33.4 Å². The predicted octanol–water partition coefficient (Wildman–Crippen LogP) is 2.80. The molecule has 3 aromatic rings. The molecule has 2 heterocycles. The predicted molar refractivity (Wildman–Crippen MR) is 129 cm³/mol. The molecule has 0 spiro atoms. The zero-order valence-corrected chi connectivity index (χ0v) is 19.9. The van der Waals surface area contributed by atoms with Crippen LogP contribution in [0.5, 0.6) is 5.75 Å². The molecule has 2 aliphatic rings. The molecule has 184 valence electrons. The van der Waals surface area contributed by atoms with Crippen LogP contribution in [0, 0.1) is 0 Å². The second kappa shape index (κ2) is 9.56. The van der Waals surface area contributed by atoms with Gasteiger partial charge in [0.15, 0.2) is 19.0 Å². The highest BCUT2D eigenvalue weighted by molar-refractivity contribution is 7.89. The number of Topliss-reactive ketones (excluding diaryl/α,β-unsaturated/α-hetero) is 1. The van der Waals surface area contributed by atoms with Crippen molar-refractivity contribution < 1.29 is 32.3 Å². The highest BCUT2D eigenvalue weighted by Crippen LogP contribution is 2.29. The van der Waals surface area contributed by atoms with E-state index in [0.29, 0.717) is 30.9 Å². The fourth-order valence-corrected chi connectivity index (χ4v) is 5.56. The van der Waals surface area contributed by atoms with Gasteiger partial charge >= 0.3 is 5.97 Å². The lowest BCUT2D eigenvalue weighted by Gasteiger charge is -2.28. The number of nitrogens with one attached hydrogen (secondary N) is 1. The third-order valence-electron chi connectivity index (χ3n) is 6.09. The second-order valence-corrected chi connectivity index (χ2v) is 10.4. The van der Waals surface area contributed by atoms with Crippen LogP contribution in [0.3, 0.4) is 0 Å². The van der Waals surface area contributed by atoms with Crippen molar-refractivity contribution in [2.24, 2.45) is 0 Å². The van der Waals surface area contributed by atoms with Gasteiger partial charge in [-0.2, -0.15) is 4.31 Å². The first-order valence-electron chi connectivity index (χ1n) is 11.3. The minimum atomic E-state index is -3.73. The Labute approximate surface area is 207 Å². The van der Waals surface area contributed by atoms with Gasteiger partial charge in [0, 0.05) is 18.7 Å². The molecule has 0 aromatic heterocycles. The highest BCUT2D eigenvalue weighted by Gasteiger charge is 2.28. The summed E-state index contributed by atoms with van der Waals surface area (Å²) >= 11 is 0. The molecule has 0 saturated heterocycles. The Morgan fingerprint density at radius 2 is 1.69 bits per heavy atom. The third kappa shape index (κ3) is 4.73. The summed E-state index contributed by atoms with van der Waals surface area (Å²) in [5.74, 6) is -1.09. The molecule has 0 atom stereocenters. The van der Waals surface area contributed by atoms with Gasteiger partial charge in [-0.05, 0) is 60.0 Å². The maximum atomic E-state index is 13.1. The number of carbonyl (C=O) groups excluding carboxylic acids is 3. The zero-order chi connectivity index (χ0) is 25.3. The van der Waals surface area contributed by atoms with Crippen molar-refractivity contribution in [3.05, 3.63) is 89.0 Å². The molecule has 5 rings (SSSR count). The molecule has 1 amide bonds. The Morgan fingerprint density at radius 1 is 0.972 bits per heavy atom. The lowest BCUT2D eigenvalue weighted by Crippen LogP contribution is -2.35. The van der Waals surface area contributed by atoms with Gasteiger partial charge in [0.05, 0.1) is 16.1 Å². The monoisotopic (exact) mass is 506 g/mol. The number of hydrogen-bond donors (Lipinski definition) is 1. The van der Waals surface area contributed by atoms with Crippen molar-refractivity contribution in [3.8, 4) is 5.75 Å². The highest BCUT2D eigenvalue weighted by atomic mass is 32.2. The number of nitrogens with zero attached hydrogens (tertiary/aromatic N) is 1. The zero-order valence-electron chi connectivity index (χ0n) is 19.1. The van der Waals surface area contributed by atoms with Gasteiger partial charge in [-0.3, -0.25) is 9.59 Å². The van der Waals surface area contributed by atoms with Gasteiger partial charge in [-0.25, -0.2) is 13.2 Å². The summed E-state index contributed by atoms with van der Waals surface area (Å²) in [5, 5.41) is 2.62. The van der Waals surface area contributed by atoms with Crippen LogP contribution in [-0.4, -0.2) is 50.1 Å².